The lowest BCUT2D eigenvalue weighted by Gasteiger charge is -2.25. The van der Waals surface area contributed by atoms with Crippen molar-refractivity contribution < 1.29 is 14.3 Å². The summed E-state index contributed by atoms with van der Waals surface area (Å²) < 4.78 is 5.12. The zero-order valence-electron chi connectivity index (χ0n) is 11.2. The average Bonchev–Trinajstić information content (AvgIpc) is 2.13. The number of nitrogens with one attached hydrogen (secondary N) is 2. The lowest BCUT2D eigenvalue weighted by atomic mass is 10.0. The highest BCUT2D eigenvalue weighted by atomic mass is 16.6. The summed E-state index contributed by atoms with van der Waals surface area (Å²) in [6, 6.07) is -0.298. The molecule has 2 amide bonds. The average molecular weight is 245 g/mol. The Morgan fingerprint density at radius 1 is 1.29 bits per heavy atom. The van der Waals surface area contributed by atoms with Crippen LogP contribution in [-0.2, 0) is 9.53 Å². The lowest BCUT2D eigenvalue weighted by Crippen LogP contribution is -2.45. The molecule has 1 unspecified atom stereocenters. The van der Waals surface area contributed by atoms with Crippen LogP contribution in [0.5, 0.6) is 0 Å². The minimum atomic E-state index is -0.554. The maximum absolute atomic E-state index is 11.5. The Kier molecular flexibility index (Phi) is 5.95. The van der Waals surface area contributed by atoms with Crippen LogP contribution in [0.1, 0.15) is 41.0 Å². The molecule has 17 heavy (non-hydrogen) atoms. The van der Waals surface area contributed by atoms with Crippen LogP contribution in [0.25, 0.3) is 0 Å². The highest BCUT2D eigenvalue weighted by molar-refractivity contribution is 5.77. The fraction of sp³-hybridized carbons (Fsp3) is 0.818. The molecule has 0 saturated carbocycles. The number of carbonyl (C=O) groups is 2. The van der Waals surface area contributed by atoms with E-state index in [1.165, 1.54) is 0 Å². The van der Waals surface area contributed by atoms with Crippen molar-refractivity contribution in [2.75, 3.05) is 0 Å². The van der Waals surface area contributed by atoms with Gasteiger partial charge in [-0.1, -0.05) is 13.8 Å². The van der Waals surface area contributed by atoms with E-state index >= 15 is 0 Å². The van der Waals surface area contributed by atoms with Crippen molar-refractivity contribution in [2.45, 2.75) is 52.7 Å². The van der Waals surface area contributed by atoms with Crippen LogP contribution in [-0.4, -0.2) is 23.6 Å². The van der Waals surface area contributed by atoms with E-state index in [4.69, 9.17) is 10.6 Å². The monoisotopic (exact) mass is 245 g/mol. The smallest absolute Gasteiger partial charge is 0.407 e. The largest absolute Gasteiger partial charge is 0.444 e. The molecule has 0 aromatic carbocycles. The normalized spacial score (nSPS) is 13.1. The van der Waals surface area contributed by atoms with E-state index in [0.717, 1.165) is 0 Å². The Hall–Kier alpha value is -1.30. The molecule has 0 radical (unpaired) electrons. The molecule has 0 spiro atoms. The first kappa shape index (κ1) is 15.7. The van der Waals surface area contributed by atoms with E-state index in [1.54, 1.807) is 20.8 Å². The molecule has 0 aliphatic carbocycles. The summed E-state index contributed by atoms with van der Waals surface area (Å²) in [5.41, 5.74) is 1.49. The van der Waals surface area contributed by atoms with Crippen molar-refractivity contribution in [1.29, 1.82) is 0 Å². The van der Waals surface area contributed by atoms with Crippen LogP contribution in [0.3, 0.4) is 0 Å². The van der Waals surface area contributed by atoms with Crippen molar-refractivity contribution in [3.8, 4) is 0 Å². The molecule has 0 aromatic heterocycles. The maximum Gasteiger partial charge on any atom is 0.407 e. The second-order valence-corrected chi connectivity index (χ2v) is 5.27. The van der Waals surface area contributed by atoms with Crippen molar-refractivity contribution in [3.05, 3.63) is 0 Å². The van der Waals surface area contributed by atoms with Crippen molar-refractivity contribution >= 4 is 12.0 Å². The molecule has 6 nitrogen and oxygen atoms in total. The predicted octanol–water partition coefficient (Wildman–Crippen LogP) is 0.916. The highest BCUT2D eigenvalue weighted by Gasteiger charge is 2.23. The summed E-state index contributed by atoms with van der Waals surface area (Å²) in [5.74, 6) is 4.80. The summed E-state index contributed by atoms with van der Waals surface area (Å²) >= 11 is 0. The summed E-state index contributed by atoms with van der Waals surface area (Å²) in [6.07, 6.45) is -0.394. The van der Waals surface area contributed by atoms with E-state index < -0.39 is 11.7 Å². The SMILES string of the molecule is CC(C)C(CC(=O)NN)NC(=O)OC(C)(C)C. The molecule has 0 fully saturated rings. The summed E-state index contributed by atoms with van der Waals surface area (Å²) in [5, 5.41) is 2.66. The molecular formula is C11H23N3O3. The van der Waals surface area contributed by atoms with E-state index in [-0.39, 0.29) is 24.3 Å². The molecule has 0 bridgehead atoms. The van der Waals surface area contributed by atoms with Gasteiger partial charge in [0, 0.05) is 12.5 Å². The summed E-state index contributed by atoms with van der Waals surface area (Å²) in [7, 11) is 0. The number of hydrogen-bond acceptors (Lipinski definition) is 4. The van der Waals surface area contributed by atoms with Crippen LogP contribution < -0.4 is 16.6 Å². The minimum Gasteiger partial charge on any atom is -0.444 e. The second-order valence-electron chi connectivity index (χ2n) is 5.27. The molecule has 6 heteroatoms. The number of carbonyl (C=O) groups excluding carboxylic acids is 2. The first-order chi connectivity index (χ1) is 7.65. The number of hydrogen-bond donors (Lipinski definition) is 3. The first-order valence-electron chi connectivity index (χ1n) is 5.64. The molecule has 4 N–H and O–H groups in total. The van der Waals surface area contributed by atoms with E-state index in [1.807, 2.05) is 19.3 Å². The number of ether oxygens (including phenoxy) is 1. The molecular weight excluding hydrogens is 222 g/mol. The third-order valence-corrected chi connectivity index (χ3v) is 2.07. The van der Waals surface area contributed by atoms with Gasteiger partial charge in [-0.05, 0) is 26.7 Å². The van der Waals surface area contributed by atoms with Gasteiger partial charge in [0.25, 0.3) is 0 Å². The highest BCUT2D eigenvalue weighted by Crippen LogP contribution is 2.10. The molecule has 0 aliphatic rings. The van der Waals surface area contributed by atoms with E-state index in [0.29, 0.717) is 0 Å². The van der Waals surface area contributed by atoms with Gasteiger partial charge in [-0.25, -0.2) is 10.6 Å². The molecule has 100 valence electrons. The van der Waals surface area contributed by atoms with Gasteiger partial charge in [-0.15, -0.1) is 0 Å². The zero-order valence-corrected chi connectivity index (χ0v) is 11.2. The quantitative estimate of drug-likeness (QED) is 0.390. The predicted molar refractivity (Wildman–Crippen MR) is 64.9 cm³/mol. The maximum atomic E-state index is 11.5. The lowest BCUT2D eigenvalue weighted by molar-refractivity contribution is -0.121. The van der Waals surface area contributed by atoms with Gasteiger partial charge in [-0.3, -0.25) is 10.2 Å². The molecule has 0 saturated heterocycles. The third-order valence-electron chi connectivity index (χ3n) is 2.07. The number of amides is 2. The summed E-state index contributed by atoms with van der Waals surface area (Å²) in [4.78, 5) is 22.7. The first-order valence-corrected chi connectivity index (χ1v) is 5.64. The Morgan fingerprint density at radius 2 is 1.82 bits per heavy atom. The number of alkyl carbamates (subject to hydrolysis) is 1. The van der Waals surface area contributed by atoms with Gasteiger partial charge >= 0.3 is 6.09 Å². The molecule has 0 rings (SSSR count). The molecule has 0 aliphatic heterocycles. The molecule has 0 aromatic rings. The van der Waals surface area contributed by atoms with E-state index in [2.05, 4.69) is 5.32 Å². The topological polar surface area (TPSA) is 93.5 Å². The van der Waals surface area contributed by atoms with Crippen LogP contribution in [0.4, 0.5) is 4.79 Å². The minimum absolute atomic E-state index is 0.111. The van der Waals surface area contributed by atoms with Gasteiger partial charge in [0.1, 0.15) is 5.60 Å². The van der Waals surface area contributed by atoms with Gasteiger partial charge in [0.05, 0.1) is 0 Å². The number of rotatable bonds is 4. The standard InChI is InChI=1S/C11H23N3O3/c1-7(2)8(6-9(15)14-12)13-10(16)17-11(3,4)5/h7-8H,6,12H2,1-5H3,(H,13,16)(H,14,15). The number of hydrazine groups is 1. The Balaban J connectivity index is 4.35. The zero-order chi connectivity index (χ0) is 13.6. The van der Waals surface area contributed by atoms with Gasteiger partial charge in [0.15, 0.2) is 0 Å². The van der Waals surface area contributed by atoms with Crippen LogP contribution >= 0.6 is 0 Å². The number of nitrogens with two attached hydrogens (primary N) is 1. The Morgan fingerprint density at radius 3 is 2.18 bits per heavy atom. The van der Waals surface area contributed by atoms with Crippen molar-refractivity contribution in [3.63, 3.8) is 0 Å². The van der Waals surface area contributed by atoms with Gasteiger partial charge in [0.2, 0.25) is 5.91 Å². The Bertz CT molecular complexity index is 272. The molecule has 1 atom stereocenters. The van der Waals surface area contributed by atoms with Crippen molar-refractivity contribution in [2.24, 2.45) is 11.8 Å². The van der Waals surface area contributed by atoms with E-state index in [9.17, 15) is 9.59 Å². The van der Waals surface area contributed by atoms with Crippen LogP contribution in [0.2, 0.25) is 0 Å². The van der Waals surface area contributed by atoms with Gasteiger partial charge in [-0.2, -0.15) is 0 Å². The van der Waals surface area contributed by atoms with Crippen LogP contribution in [0.15, 0.2) is 0 Å². The third kappa shape index (κ3) is 7.57. The fourth-order valence-electron chi connectivity index (χ4n) is 1.17. The van der Waals surface area contributed by atoms with Gasteiger partial charge < -0.3 is 10.1 Å². The summed E-state index contributed by atoms with van der Waals surface area (Å²) in [6.45, 7) is 9.16. The fourth-order valence-corrected chi connectivity index (χ4v) is 1.17. The second kappa shape index (κ2) is 6.44. The van der Waals surface area contributed by atoms with Crippen molar-refractivity contribution in [1.82, 2.24) is 10.7 Å². The van der Waals surface area contributed by atoms with Crippen LogP contribution in [0, 0.1) is 5.92 Å². The Labute approximate surface area is 102 Å². The molecule has 0 heterocycles.